The first kappa shape index (κ1) is 37.6. The van der Waals surface area contributed by atoms with E-state index in [4.69, 9.17) is 4.42 Å². The number of nitrogens with zero attached hydrogens (tertiary/aromatic N) is 1. The molecular weight excluding hydrogens is 796 g/mol. The summed E-state index contributed by atoms with van der Waals surface area (Å²) in [4.78, 5) is 2.44. The molecule has 1 N–H and O–H groups in total. The second-order valence-electron chi connectivity index (χ2n) is 19.3. The summed E-state index contributed by atoms with van der Waals surface area (Å²) < 4.78 is 9.11. The summed E-state index contributed by atoms with van der Waals surface area (Å²) in [6.45, 7) is 16.2. The van der Waals surface area contributed by atoms with E-state index in [2.05, 4.69) is 210 Å². The van der Waals surface area contributed by atoms with E-state index in [0.29, 0.717) is 0 Å². The number of para-hydroxylation sites is 1. The molecule has 1 aliphatic carbocycles. The van der Waals surface area contributed by atoms with E-state index in [0.717, 1.165) is 44.4 Å². The maximum absolute atomic E-state index is 6.54. The average Bonchev–Trinajstić information content (AvgIpc) is 3.90. The summed E-state index contributed by atoms with van der Waals surface area (Å²) in [7, 11) is 2.44. The van der Waals surface area contributed by atoms with Gasteiger partial charge in [-0.05, 0) is 109 Å². The van der Waals surface area contributed by atoms with Crippen molar-refractivity contribution < 1.29 is 4.42 Å². The Balaban J connectivity index is 1.08. The molecule has 3 aliphatic rings. The summed E-state index contributed by atoms with van der Waals surface area (Å²) >= 11 is 1.84. The number of benzene rings is 8. The number of fused-ring (bicyclic) bond motifs is 12. The van der Waals surface area contributed by atoms with Crippen LogP contribution < -0.4 is 16.2 Å². The van der Waals surface area contributed by atoms with Crippen LogP contribution in [0.2, 0.25) is 0 Å². The van der Waals surface area contributed by atoms with Gasteiger partial charge in [0.15, 0.2) is 7.28 Å². The van der Waals surface area contributed by atoms with Crippen LogP contribution in [0.1, 0.15) is 62.4 Å². The molecule has 0 amide bonds. The molecule has 10 aromatic rings. The number of hydrogen-bond donors (Lipinski definition) is 1. The summed E-state index contributed by atoms with van der Waals surface area (Å²) in [6, 6.07) is 56.0. The number of aromatic nitrogens is 1. The second kappa shape index (κ2) is 13.3. The summed E-state index contributed by atoms with van der Waals surface area (Å²) in [5, 5.41) is 8.62. The van der Waals surface area contributed by atoms with Crippen LogP contribution in [0.5, 0.6) is 0 Å². The molecule has 0 atom stereocenters. The smallest absolute Gasteiger partial charge is 0.197 e. The van der Waals surface area contributed by atoms with Crippen LogP contribution >= 0.6 is 11.8 Å². The molecule has 5 heteroatoms. The monoisotopic (exact) mass is 839 g/mol. The van der Waals surface area contributed by atoms with Crippen molar-refractivity contribution >= 4 is 95.6 Å². The third-order valence-electron chi connectivity index (χ3n) is 14.1. The fourth-order valence-electron chi connectivity index (χ4n) is 10.8. The Bertz CT molecular complexity index is 3710. The van der Waals surface area contributed by atoms with Gasteiger partial charge in [-0.1, -0.05) is 162 Å². The van der Waals surface area contributed by atoms with E-state index >= 15 is 0 Å². The molecule has 2 aromatic heterocycles. The number of anilines is 2. The van der Waals surface area contributed by atoms with Crippen LogP contribution in [0.15, 0.2) is 174 Å². The predicted molar refractivity (Wildman–Crippen MR) is 274 cm³/mol. The third kappa shape index (κ3) is 5.43. The van der Waals surface area contributed by atoms with Crippen molar-refractivity contribution in [2.45, 2.75) is 50.3 Å². The molecule has 3 nitrogen and oxygen atoms in total. The van der Waals surface area contributed by atoms with Crippen molar-refractivity contribution in [3.63, 3.8) is 0 Å². The van der Waals surface area contributed by atoms with Crippen LogP contribution in [0, 0.1) is 0 Å². The van der Waals surface area contributed by atoms with E-state index in [1.807, 2.05) is 17.8 Å². The Kier molecular flexibility index (Phi) is 7.81. The third-order valence-corrected chi connectivity index (χ3v) is 15.2. The maximum atomic E-state index is 6.54. The van der Waals surface area contributed by atoms with Gasteiger partial charge in [0.1, 0.15) is 11.2 Å². The van der Waals surface area contributed by atoms with Gasteiger partial charge >= 0.3 is 0 Å². The highest BCUT2D eigenvalue weighted by molar-refractivity contribution is 8.08. The van der Waals surface area contributed by atoms with Gasteiger partial charge in [0.05, 0.1) is 11.2 Å². The van der Waals surface area contributed by atoms with Gasteiger partial charge in [-0.15, -0.1) is 0 Å². The van der Waals surface area contributed by atoms with Gasteiger partial charge < -0.3 is 14.3 Å². The van der Waals surface area contributed by atoms with Crippen molar-refractivity contribution in [3.8, 4) is 27.9 Å². The molecule has 4 heterocycles. The summed E-state index contributed by atoms with van der Waals surface area (Å²) in [5.74, 6) is 0. The molecule has 8 aromatic carbocycles. The van der Waals surface area contributed by atoms with Gasteiger partial charge in [0.25, 0.3) is 0 Å². The number of thioether (sulfide) groups is 1. The summed E-state index contributed by atoms with van der Waals surface area (Å²) in [6.07, 6.45) is 2.25. The minimum Gasteiger partial charge on any atom is -0.456 e. The van der Waals surface area contributed by atoms with Crippen molar-refractivity contribution in [3.05, 3.63) is 192 Å². The number of furan rings is 1. The Morgan fingerprint density at radius 2 is 1.42 bits per heavy atom. The molecule has 2 aliphatic heterocycles. The normalized spacial score (nSPS) is 14.6. The van der Waals surface area contributed by atoms with Crippen LogP contribution in [-0.4, -0.2) is 11.8 Å². The van der Waals surface area contributed by atoms with E-state index in [-0.39, 0.29) is 10.8 Å². The summed E-state index contributed by atoms with van der Waals surface area (Å²) in [5.41, 5.74) is 22.2. The Hall–Kier alpha value is -6.95. The highest BCUT2D eigenvalue weighted by Crippen LogP contribution is 2.52. The molecule has 0 saturated heterocycles. The Labute approximate surface area is 378 Å². The first-order chi connectivity index (χ1) is 31.0. The first-order valence-electron chi connectivity index (χ1n) is 22.3. The zero-order valence-electron chi connectivity index (χ0n) is 36.6. The van der Waals surface area contributed by atoms with Crippen LogP contribution in [-0.2, 0) is 10.8 Å². The molecule has 0 fully saturated rings. The van der Waals surface area contributed by atoms with E-state index in [9.17, 15) is 0 Å². The molecule has 13 rings (SSSR count). The molecule has 0 saturated carbocycles. The molecule has 305 valence electrons. The lowest BCUT2D eigenvalue weighted by molar-refractivity contribution is 0.590. The molecule has 0 bridgehead atoms. The lowest BCUT2D eigenvalue weighted by Gasteiger charge is -2.27. The zero-order valence-corrected chi connectivity index (χ0v) is 37.4. The second-order valence-corrected chi connectivity index (χ2v) is 20.4. The van der Waals surface area contributed by atoms with Crippen molar-refractivity contribution in [1.29, 1.82) is 0 Å². The fourth-order valence-corrected chi connectivity index (χ4v) is 11.9. The van der Waals surface area contributed by atoms with E-state index in [1.165, 1.54) is 92.7 Å². The van der Waals surface area contributed by atoms with Gasteiger partial charge in [0, 0.05) is 65.3 Å². The molecular formula is C59H44BN2OS. The molecule has 64 heavy (non-hydrogen) atoms. The van der Waals surface area contributed by atoms with Gasteiger partial charge in [-0.2, -0.15) is 0 Å². The zero-order chi connectivity index (χ0) is 43.2. The Morgan fingerprint density at radius 1 is 0.641 bits per heavy atom. The maximum Gasteiger partial charge on any atom is 0.197 e. The SMILES string of the molecule is C=C1C=C(c2ccccc2)Sc2cc3c(cc21)[B]c1c(-c2cc4c(cc2Nc2ccc(C(C)(C)C)cc2)oc2ccccc24)ccc2c4cc5c(cc4n-3c12)-c1ccccc1C5(C)C. The van der Waals surface area contributed by atoms with Gasteiger partial charge in [-0.3, -0.25) is 0 Å². The van der Waals surface area contributed by atoms with Crippen molar-refractivity contribution in [1.82, 2.24) is 4.57 Å². The van der Waals surface area contributed by atoms with Crippen LogP contribution in [0.25, 0.3) is 82.2 Å². The van der Waals surface area contributed by atoms with Crippen LogP contribution in [0.3, 0.4) is 0 Å². The average molecular weight is 840 g/mol. The number of hydrogen-bond acceptors (Lipinski definition) is 3. The quantitative estimate of drug-likeness (QED) is 0.179. The predicted octanol–water partition coefficient (Wildman–Crippen LogP) is 14.8. The number of rotatable bonds is 4. The minimum atomic E-state index is -0.119. The highest BCUT2D eigenvalue weighted by Gasteiger charge is 2.37. The van der Waals surface area contributed by atoms with Crippen molar-refractivity contribution in [2.75, 3.05) is 5.32 Å². The van der Waals surface area contributed by atoms with Crippen LogP contribution in [0.4, 0.5) is 11.4 Å². The highest BCUT2D eigenvalue weighted by atomic mass is 32.2. The number of allylic oxidation sites excluding steroid dienone is 2. The molecule has 0 spiro atoms. The molecule has 1 radical (unpaired) electrons. The number of nitrogens with one attached hydrogen (secondary N) is 1. The topological polar surface area (TPSA) is 30.1 Å². The largest absolute Gasteiger partial charge is 0.456 e. The first-order valence-corrected chi connectivity index (χ1v) is 23.1. The lowest BCUT2D eigenvalue weighted by atomic mass is 9.58. The fraction of sp³-hybridized carbons (Fsp3) is 0.119. The Morgan fingerprint density at radius 3 is 2.25 bits per heavy atom. The van der Waals surface area contributed by atoms with Gasteiger partial charge in [-0.25, -0.2) is 0 Å². The van der Waals surface area contributed by atoms with Crippen molar-refractivity contribution in [2.24, 2.45) is 0 Å². The minimum absolute atomic E-state index is 0.0591. The van der Waals surface area contributed by atoms with E-state index in [1.54, 1.807) is 0 Å². The lowest BCUT2D eigenvalue weighted by Crippen LogP contribution is -2.37. The standard InChI is InChI=1S/C59H44BN2OS/c1-33-26-54(34-14-8-7-9-15-34)64-55-32-51-48(29-41(33)55)60-56-39(24-25-40-44-28-47-42(30-50(44)62(51)57(40)56)37-16-10-12-18-46(37)59(47,5)6)43-27-45-38-17-11-13-19-52(38)63-53(45)31-49(43)61-36-22-20-35(21-23-36)58(2,3)4/h7-32,61H,1H2,2-6H3. The van der Waals surface area contributed by atoms with Gasteiger partial charge in [0.2, 0.25) is 0 Å². The van der Waals surface area contributed by atoms with E-state index < -0.39 is 0 Å². The molecule has 0 unspecified atom stereocenters.